The molecule has 1 aromatic carbocycles. The van der Waals surface area contributed by atoms with E-state index in [1.807, 2.05) is 0 Å². The molecule has 21 heavy (non-hydrogen) atoms. The smallest absolute Gasteiger partial charge is 0.155 e. The summed E-state index contributed by atoms with van der Waals surface area (Å²) in [6.07, 6.45) is 0.565. The summed E-state index contributed by atoms with van der Waals surface area (Å²) in [5.41, 5.74) is 5.95. The molecule has 114 valence electrons. The first-order valence-corrected chi connectivity index (χ1v) is 7.50. The fraction of sp³-hybridized carbons (Fsp3) is 0.500. The van der Waals surface area contributed by atoms with Crippen molar-refractivity contribution in [2.24, 2.45) is 16.6 Å². The van der Waals surface area contributed by atoms with Crippen LogP contribution >= 0.6 is 11.8 Å². The maximum Gasteiger partial charge on any atom is 0.155 e. The molecule has 0 aliphatic carbocycles. The fourth-order valence-corrected chi connectivity index (χ4v) is 4.45. The Morgan fingerprint density at radius 1 is 1.43 bits per heavy atom. The Morgan fingerprint density at radius 3 is 2.95 bits per heavy atom. The number of nitrogens with two attached hydrogens (primary N) is 1. The quantitative estimate of drug-likeness (QED) is 0.912. The predicted octanol–water partition coefficient (Wildman–Crippen LogP) is 2.60. The Labute approximate surface area is 124 Å². The van der Waals surface area contributed by atoms with Gasteiger partial charge in [-0.3, -0.25) is 4.99 Å². The van der Waals surface area contributed by atoms with Gasteiger partial charge in [0.25, 0.3) is 0 Å². The van der Waals surface area contributed by atoms with E-state index in [1.54, 1.807) is 0 Å². The third-order valence-corrected chi connectivity index (χ3v) is 5.40. The van der Waals surface area contributed by atoms with Gasteiger partial charge in [0.1, 0.15) is 18.3 Å². The van der Waals surface area contributed by atoms with Crippen molar-refractivity contribution >= 4 is 16.9 Å². The molecule has 3 atom stereocenters. The predicted molar refractivity (Wildman–Crippen MR) is 75.9 cm³/mol. The molecule has 0 spiro atoms. The number of ether oxygens (including phenoxy) is 1. The molecule has 3 unspecified atom stereocenters. The summed E-state index contributed by atoms with van der Waals surface area (Å²) in [6, 6.07) is 2.94. The van der Waals surface area contributed by atoms with E-state index < -0.39 is 23.1 Å². The van der Waals surface area contributed by atoms with Crippen LogP contribution in [0.3, 0.4) is 0 Å². The molecule has 0 bridgehead atoms. The van der Waals surface area contributed by atoms with Crippen LogP contribution in [-0.4, -0.2) is 31.1 Å². The van der Waals surface area contributed by atoms with E-state index in [0.29, 0.717) is 19.6 Å². The highest BCUT2D eigenvalue weighted by molar-refractivity contribution is 8.14. The van der Waals surface area contributed by atoms with Gasteiger partial charge in [0.15, 0.2) is 5.17 Å². The number of nitrogens with zero attached hydrogens (tertiary/aromatic N) is 1. The van der Waals surface area contributed by atoms with Crippen LogP contribution in [0, 0.1) is 17.6 Å². The van der Waals surface area contributed by atoms with Gasteiger partial charge < -0.3 is 10.5 Å². The lowest BCUT2D eigenvalue weighted by atomic mass is 9.78. The lowest BCUT2D eigenvalue weighted by molar-refractivity contribution is 0.0307. The lowest BCUT2D eigenvalue weighted by Crippen LogP contribution is -2.50. The monoisotopic (exact) mass is 316 g/mol. The number of hydrogen-bond acceptors (Lipinski definition) is 4. The second kappa shape index (κ2) is 5.53. The van der Waals surface area contributed by atoms with E-state index in [-0.39, 0.29) is 22.7 Å². The van der Waals surface area contributed by atoms with Crippen molar-refractivity contribution in [3.05, 3.63) is 35.4 Å². The number of fused-ring (bicyclic) bond motifs is 1. The Bertz CT molecular complexity index is 583. The SMILES string of the molecule is NC1=NC2COCCC2C(CF)(c2ccc(F)cc2F)S1. The second-order valence-corrected chi connectivity index (χ2v) is 6.61. The van der Waals surface area contributed by atoms with Crippen molar-refractivity contribution < 1.29 is 17.9 Å². The van der Waals surface area contributed by atoms with Crippen LogP contribution in [0.4, 0.5) is 13.2 Å². The highest BCUT2D eigenvalue weighted by Gasteiger charge is 2.51. The average Bonchev–Trinajstić information content (AvgIpc) is 2.46. The van der Waals surface area contributed by atoms with Crippen LogP contribution < -0.4 is 5.73 Å². The van der Waals surface area contributed by atoms with Gasteiger partial charge in [0, 0.05) is 24.2 Å². The topological polar surface area (TPSA) is 47.6 Å². The molecule has 3 nitrogen and oxygen atoms in total. The summed E-state index contributed by atoms with van der Waals surface area (Å²) >= 11 is 1.03. The summed E-state index contributed by atoms with van der Waals surface area (Å²) < 4.78 is 45.6. The van der Waals surface area contributed by atoms with Crippen molar-refractivity contribution in [3.63, 3.8) is 0 Å². The molecule has 0 radical (unpaired) electrons. The number of benzene rings is 1. The molecule has 2 aliphatic rings. The number of hydrogen-bond donors (Lipinski definition) is 1. The first kappa shape index (κ1) is 14.7. The molecule has 7 heteroatoms. The standard InChI is InChI=1S/C14H15F3N2OS/c15-7-14(9-2-1-8(16)5-11(9)17)10-3-4-20-6-12(10)19-13(18)21-14/h1-2,5,10,12H,3-4,6-7H2,(H2,18,19). The number of amidine groups is 1. The van der Waals surface area contributed by atoms with E-state index in [4.69, 9.17) is 10.5 Å². The van der Waals surface area contributed by atoms with Gasteiger partial charge in [-0.2, -0.15) is 0 Å². The summed E-state index contributed by atoms with van der Waals surface area (Å²) in [5, 5.41) is 0.211. The fourth-order valence-electron chi connectivity index (χ4n) is 3.13. The Balaban J connectivity index is 2.11. The highest BCUT2D eigenvalue weighted by atomic mass is 32.2. The molecule has 2 aliphatic heterocycles. The normalized spacial score (nSPS) is 32.4. The summed E-state index contributed by atoms with van der Waals surface area (Å²) in [4.78, 5) is 4.29. The van der Waals surface area contributed by atoms with E-state index in [1.165, 1.54) is 6.07 Å². The number of aliphatic imine (C=N–C) groups is 1. The van der Waals surface area contributed by atoms with Crippen molar-refractivity contribution in [1.82, 2.24) is 0 Å². The zero-order valence-corrected chi connectivity index (χ0v) is 12.0. The Kier molecular flexibility index (Phi) is 3.88. The third kappa shape index (κ3) is 2.42. The molecule has 0 saturated carbocycles. The molecule has 3 rings (SSSR count). The minimum Gasteiger partial charge on any atom is -0.379 e. The number of rotatable bonds is 2. The van der Waals surface area contributed by atoms with Crippen LogP contribution in [0.1, 0.15) is 12.0 Å². The minimum atomic E-state index is -1.17. The van der Waals surface area contributed by atoms with Gasteiger partial charge in [0.2, 0.25) is 0 Å². The number of halogens is 3. The minimum absolute atomic E-state index is 0.145. The molecule has 2 heterocycles. The number of alkyl halides is 1. The van der Waals surface area contributed by atoms with Gasteiger partial charge in [-0.15, -0.1) is 0 Å². The van der Waals surface area contributed by atoms with Crippen LogP contribution in [0.2, 0.25) is 0 Å². The maximum absolute atomic E-state index is 14.2. The Hall–Kier alpha value is -1.21. The number of thioether (sulfide) groups is 1. The molecule has 0 amide bonds. The van der Waals surface area contributed by atoms with Crippen molar-refractivity contribution in [2.45, 2.75) is 17.2 Å². The first-order valence-electron chi connectivity index (χ1n) is 6.68. The largest absolute Gasteiger partial charge is 0.379 e. The van der Waals surface area contributed by atoms with E-state index >= 15 is 0 Å². The van der Waals surface area contributed by atoms with Crippen LogP contribution in [0.5, 0.6) is 0 Å². The van der Waals surface area contributed by atoms with Crippen molar-refractivity contribution in [2.75, 3.05) is 19.9 Å². The highest BCUT2D eigenvalue weighted by Crippen LogP contribution is 2.51. The van der Waals surface area contributed by atoms with Gasteiger partial charge in [-0.1, -0.05) is 17.8 Å². The Morgan fingerprint density at radius 2 is 2.24 bits per heavy atom. The zero-order valence-electron chi connectivity index (χ0n) is 11.2. The molecule has 1 saturated heterocycles. The molecule has 0 aromatic heterocycles. The lowest BCUT2D eigenvalue weighted by Gasteiger charge is -2.46. The molecular weight excluding hydrogens is 301 g/mol. The van der Waals surface area contributed by atoms with Gasteiger partial charge in [-0.25, -0.2) is 13.2 Å². The molecule has 1 fully saturated rings. The summed E-state index contributed by atoms with van der Waals surface area (Å²) in [6.45, 7) is 0.0236. The first-order chi connectivity index (χ1) is 10.1. The van der Waals surface area contributed by atoms with Crippen LogP contribution in [0.15, 0.2) is 23.2 Å². The maximum atomic E-state index is 14.2. The second-order valence-electron chi connectivity index (χ2n) is 5.25. The summed E-state index contributed by atoms with van der Waals surface area (Å²) in [7, 11) is 0. The van der Waals surface area contributed by atoms with E-state index in [0.717, 1.165) is 23.9 Å². The summed E-state index contributed by atoms with van der Waals surface area (Å²) in [5.74, 6) is -1.66. The average molecular weight is 316 g/mol. The van der Waals surface area contributed by atoms with Gasteiger partial charge in [-0.05, 0) is 12.5 Å². The van der Waals surface area contributed by atoms with Crippen LogP contribution in [-0.2, 0) is 9.48 Å². The van der Waals surface area contributed by atoms with Gasteiger partial charge in [0.05, 0.1) is 17.4 Å². The van der Waals surface area contributed by atoms with Crippen LogP contribution in [0.25, 0.3) is 0 Å². The van der Waals surface area contributed by atoms with Crippen molar-refractivity contribution in [3.8, 4) is 0 Å². The van der Waals surface area contributed by atoms with Crippen molar-refractivity contribution in [1.29, 1.82) is 0 Å². The molecular formula is C14H15F3N2OS. The van der Waals surface area contributed by atoms with E-state index in [9.17, 15) is 13.2 Å². The van der Waals surface area contributed by atoms with E-state index in [2.05, 4.69) is 4.99 Å². The van der Waals surface area contributed by atoms with Gasteiger partial charge >= 0.3 is 0 Å². The third-order valence-electron chi connectivity index (χ3n) is 4.09. The molecule has 2 N–H and O–H groups in total. The zero-order chi connectivity index (χ0) is 15.0. The molecule has 1 aromatic rings.